The normalized spacial score (nSPS) is 21.5. The standard InChI is InChI=1S/C14H24N2O4/c1-4-7-15(6-3)14(19)16(8-5-2)12-10-20-9-11(12)13(17)18/h4,11-12H,1,5-10H2,2-3H3,(H,17,18). The van der Waals surface area contributed by atoms with Gasteiger partial charge in [-0.3, -0.25) is 4.79 Å². The molecule has 6 heteroatoms. The van der Waals surface area contributed by atoms with Crippen molar-refractivity contribution in [3.8, 4) is 0 Å². The van der Waals surface area contributed by atoms with Crippen molar-refractivity contribution in [2.75, 3.05) is 32.8 Å². The maximum Gasteiger partial charge on any atom is 0.320 e. The van der Waals surface area contributed by atoms with Crippen LogP contribution in [0.4, 0.5) is 4.79 Å². The van der Waals surface area contributed by atoms with E-state index in [1.54, 1.807) is 15.9 Å². The van der Waals surface area contributed by atoms with Gasteiger partial charge in [0.05, 0.1) is 19.3 Å². The SMILES string of the molecule is C=CCN(CC)C(=O)N(CCC)C1COCC1C(=O)O. The van der Waals surface area contributed by atoms with Gasteiger partial charge in [-0.1, -0.05) is 13.0 Å². The van der Waals surface area contributed by atoms with Crippen molar-refractivity contribution in [1.82, 2.24) is 9.80 Å². The maximum absolute atomic E-state index is 12.6. The van der Waals surface area contributed by atoms with Crippen molar-refractivity contribution in [1.29, 1.82) is 0 Å². The first kappa shape index (κ1) is 16.5. The molecule has 6 nitrogen and oxygen atoms in total. The zero-order valence-electron chi connectivity index (χ0n) is 12.2. The molecule has 20 heavy (non-hydrogen) atoms. The molecule has 1 fully saturated rings. The highest BCUT2D eigenvalue weighted by molar-refractivity contribution is 5.77. The van der Waals surface area contributed by atoms with Crippen molar-refractivity contribution in [3.63, 3.8) is 0 Å². The third kappa shape index (κ3) is 3.72. The summed E-state index contributed by atoms with van der Waals surface area (Å²) >= 11 is 0. The molecule has 2 amide bonds. The van der Waals surface area contributed by atoms with Crippen LogP contribution in [0, 0.1) is 5.92 Å². The summed E-state index contributed by atoms with van der Waals surface area (Å²) in [6.45, 7) is 9.52. The van der Waals surface area contributed by atoms with E-state index in [2.05, 4.69) is 6.58 Å². The van der Waals surface area contributed by atoms with Crippen LogP contribution in [0.25, 0.3) is 0 Å². The number of nitrogens with zero attached hydrogens (tertiary/aromatic N) is 2. The van der Waals surface area contributed by atoms with Crippen LogP contribution in [0.15, 0.2) is 12.7 Å². The number of carbonyl (C=O) groups excluding carboxylic acids is 1. The highest BCUT2D eigenvalue weighted by atomic mass is 16.5. The molecule has 1 aliphatic heterocycles. The Kier molecular flexibility index (Phi) is 6.51. The van der Waals surface area contributed by atoms with Crippen molar-refractivity contribution >= 4 is 12.0 Å². The Morgan fingerprint density at radius 1 is 1.40 bits per heavy atom. The van der Waals surface area contributed by atoms with Crippen LogP contribution in [0.2, 0.25) is 0 Å². The number of carboxylic acid groups (broad SMARTS) is 1. The summed E-state index contributed by atoms with van der Waals surface area (Å²) in [6.07, 6.45) is 2.45. The molecule has 1 heterocycles. The lowest BCUT2D eigenvalue weighted by Crippen LogP contribution is -2.52. The molecule has 2 unspecified atom stereocenters. The number of hydrogen-bond acceptors (Lipinski definition) is 3. The first-order valence-corrected chi connectivity index (χ1v) is 7.03. The predicted molar refractivity (Wildman–Crippen MR) is 75.6 cm³/mol. The van der Waals surface area contributed by atoms with Crippen LogP contribution in [0.3, 0.4) is 0 Å². The van der Waals surface area contributed by atoms with E-state index in [9.17, 15) is 14.7 Å². The Balaban J connectivity index is 2.89. The van der Waals surface area contributed by atoms with Crippen LogP contribution in [0.1, 0.15) is 20.3 Å². The largest absolute Gasteiger partial charge is 0.481 e. The van der Waals surface area contributed by atoms with E-state index in [1.807, 2.05) is 13.8 Å². The fourth-order valence-corrected chi connectivity index (χ4v) is 2.41. The lowest BCUT2D eigenvalue weighted by atomic mass is 10.0. The lowest BCUT2D eigenvalue weighted by molar-refractivity contribution is -0.142. The number of aliphatic carboxylic acids is 1. The van der Waals surface area contributed by atoms with Gasteiger partial charge in [0.15, 0.2) is 0 Å². The third-order valence-corrected chi connectivity index (χ3v) is 3.48. The number of rotatable bonds is 7. The van der Waals surface area contributed by atoms with Crippen LogP contribution >= 0.6 is 0 Å². The van der Waals surface area contributed by atoms with Gasteiger partial charge < -0.3 is 19.6 Å². The predicted octanol–water partition coefficient (Wildman–Crippen LogP) is 1.43. The number of ether oxygens (including phenoxy) is 1. The molecule has 0 spiro atoms. The monoisotopic (exact) mass is 284 g/mol. The zero-order valence-corrected chi connectivity index (χ0v) is 12.2. The zero-order chi connectivity index (χ0) is 15.1. The Labute approximate surface area is 120 Å². The van der Waals surface area contributed by atoms with E-state index in [1.165, 1.54) is 0 Å². The summed E-state index contributed by atoms with van der Waals surface area (Å²) in [4.78, 5) is 27.1. The molecule has 1 aliphatic rings. The smallest absolute Gasteiger partial charge is 0.320 e. The van der Waals surface area contributed by atoms with Gasteiger partial charge in [-0.15, -0.1) is 6.58 Å². The molecule has 1 saturated heterocycles. The van der Waals surface area contributed by atoms with Crippen molar-refractivity contribution in [3.05, 3.63) is 12.7 Å². The molecule has 0 radical (unpaired) electrons. The van der Waals surface area contributed by atoms with Gasteiger partial charge in [0.1, 0.15) is 5.92 Å². The van der Waals surface area contributed by atoms with Crippen LogP contribution in [-0.2, 0) is 9.53 Å². The summed E-state index contributed by atoms with van der Waals surface area (Å²) < 4.78 is 5.27. The van der Waals surface area contributed by atoms with Gasteiger partial charge in [-0.25, -0.2) is 4.79 Å². The third-order valence-electron chi connectivity index (χ3n) is 3.48. The molecule has 1 rings (SSSR count). The summed E-state index contributed by atoms with van der Waals surface area (Å²) in [6, 6.07) is -0.533. The number of urea groups is 1. The highest BCUT2D eigenvalue weighted by Crippen LogP contribution is 2.21. The van der Waals surface area contributed by atoms with Crippen molar-refractivity contribution in [2.24, 2.45) is 5.92 Å². The first-order chi connectivity index (χ1) is 9.56. The molecule has 2 atom stereocenters. The van der Waals surface area contributed by atoms with Crippen molar-refractivity contribution in [2.45, 2.75) is 26.3 Å². The summed E-state index contributed by atoms with van der Waals surface area (Å²) in [5.74, 6) is -1.55. The van der Waals surface area contributed by atoms with Crippen molar-refractivity contribution < 1.29 is 19.4 Å². The number of likely N-dealkylation sites (N-methyl/N-ethyl adjacent to an activating group) is 1. The molecule has 1 N–H and O–H groups in total. The molecular formula is C14H24N2O4. The van der Waals surface area contributed by atoms with E-state index in [0.29, 0.717) is 19.6 Å². The van der Waals surface area contributed by atoms with Gasteiger partial charge in [0.2, 0.25) is 0 Å². The maximum atomic E-state index is 12.6. The number of carbonyl (C=O) groups is 2. The Morgan fingerprint density at radius 3 is 2.60 bits per heavy atom. The number of hydrogen-bond donors (Lipinski definition) is 1. The van der Waals surface area contributed by atoms with E-state index in [4.69, 9.17) is 4.74 Å². The second-order valence-electron chi connectivity index (χ2n) is 4.85. The molecular weight excluding hydrogens is 260 g/mol. The van der Waals surface area contributed by atoms with Crippen LogP contribution in [0.5, 0.6) is 0 Å². The average Bonchev–Trinajstić information content (AvgIpc) is 2.90. The van der Waals surface area contributed by atoms with Gasteiger partial charge in [0.25, 0.3) is 0 Å². The van der Waals surface area contributed by atoms with Crippen LogP contribution < -0.4 is 0 Å². The number of amides is 2. The minimum Gasteiger partial charge on any atom is -0.481 e. The fourth-order valence-electron chi connectivity index (χ4n) is 2.41. The Bertz CT molecular complexity index is 359. The fraction of sp³-hybridized carbons (Fsp3) is 0.714. The molecule has 0 aromatic heterocycles. The second kappa shape index (κ2) is 7.89. The van der Waals surface area contributed by atoms with Gasteiger partial charge in [-0.2, -0.15) is 0 Å². The average molecular weight is 284 g/mol. The molecule has 0 aromatic rings. The minimum atomic E-state index is -0.909. The van der Waals surface area contributed by atoms with Crippen LogP contribution in [-0.4, -0.2) is 65.8 Å². The summed E-state index contributed by atoms with van der Waals surface area (Å²) in [5, 5.41) is 9.23. The molecule has 0 bridgehead atoms. The minimum absolute atomic E-state index is 0.143. The second-order valence-corrected chi connectivity index (χ2v) is 4.85. The molecule has 0 saturated carbocycles. The summed E-state index contributed by atoms with van der Waals surface area (Å²) in [5.41, 5.74) is 0. The van der Waals surface area contributed by atoms with E-state index < -0.39 is 11.9 Å². The molecule has 0 aromatic carbocycles. The molecule has 114 valence electrons. The summed E-state index contributed by atoms with van der Waals surface area (Å²) in [7, 11) is 0. The Morgan fingerprint density at radius 2 is 2.10 bits per heavy atom. The molecule has 0 aliphatic carbocycles. The van der Waals surface area contributed by atoms with Gasteiger partial charge in [0, 0.05) is 19.6 Å². The van der Waals surface area contributed by atoms with E-state index in [-0.39, 0.29) is 25.3 Å². The van der Waals surface area contributed by atoms with E-state index in [0.717, 1.165) is 6.42 Å². The number of carboxylic acids is 1. The van der Waals surface area contributed by atoms with Gasteiger partial charge in [-0.05, 0) is 13.3 Å². The van der Waals surface area contributed by atoms with Gasteiger partial charge >= 0.3 is 12.0 Å². The Hall–Kier alpha value is -1.56. The highest BCUT2D eigenvalue weighted by Gasteiger charge is 2.40. The topological polar surface area (TPSA) is 70.1 Å². The first-order valence-electron chi connectivity index (χ1n) is 7.03. The van der Waals surface area contributed by atoms with E-state index >= 15 is 0 Å². The quantitative estimate of drug-likeness (QED) is 0.718. The lowest BCUT2D eigenvalue weighted by Gasteiger charge is -2.34.